The summed E-state index contributed by atoms with van der Waals surface area (Å²) >= 11 is 6.19. The lowest BCUT2D eigenvalue weighted by Crippen LogP contribution is -2.42. The minimum atomic E-state index is -0.655. The summed E-state index contributed by atoms with van der Waals surface area (Å²) in [4.78, 5) is 18.8. The van der Waals surface area contributed by atoms with Crippen molar-refractivity contribution in [1.82, 2.24) is 10.3 Å². The molecule has 1 saturated heterocycles. The average molecular weight is 418 g/mol. The zero-order chi connectivity index (χ0) is 17.1. The first kappa shape index (κ1) is 22.5. The van der Waals surface area contributed by atoms with E-state index < -0.39 is 6.04 Å². The molecule has 2 atom stereocenters. The van der Waals surface area contributed by atoms with Gasteiger partial charge in [-0.15, -0.1) is 24.8 Å². The van der Waals surface area contributed by atoms with Gasteiger partial charge >= 0.3 is 0 Å². The largest absolute Gasteiger partial charge is 0.353 e. The lowest BCUT2D eigenvalue weighted by atomic mass is 10.0. The van der Waals surface area contributed by atoms with Gasteiger partial charge in [0.1, 0.15) is 11.9 Å². The maximum Gasteiger partial charge on any atom is 0.241 e. The Kier molecular flexibility index (Phi) is 8.63. The summed E-state index contributed by atoms with van der Waals surface area (Å²) in [5.41, 5.74) is 8.04. The maximum atomic E-state index is 12.4. The second kappa shape index (κ2) is 9.97. The lowest BCUT2D eigenvalue weighted by Gasteiger charge is -2.20. The summed E-state index contributed by atoms with van der Waals surface area (Å²) in [5, 5.41) is 3.66. The van der Waals surface area contributed by atoms with E-state index in [0.29, 0.717) is 11.6 Å². The highest BCUT2D eigenvalue weighted by atomic mass is 35.5. The third kappa shape index (κ3) is 5.24. The van der Waals surface area contributed by atoms with Crippen LogP contribution in [0.3, 0.4) is 0 Å². The number of nitrogens with two attached hydrogens (primary N) is 1. The Morgan fingerprint density at radius 2 is 2.00 bits per heavy atom. The highest BCUT2D eigenvalue weighted by Crippen LogP contribution is 2.26. The zero-order valence-corrected chi connectivity index (χ0v) is 16.8. The number of carbonyl (C=O) groups excluding carboxylic acids is 1. The number of halogens is 3. The molecule has 0 saturated carbocycles. The summed E-state index contributed by atoms with van der Waals surface area (Å²) < 4.78 is 0. The van der Waals surface area contributed by atoms with Gasteiger partial charge in [0, 0.05) is 25.3 Å². The molecule has 1 fully saturated rings. The van der Waals surface area contributed by atoms with Crippen LogP contribution < -0.4 is 16.0 Å². The van der Waals surface area contributed by atoms with Crippen LogP contribution in [0.25, 0.3) is 0 Å². The highest BCUT2D eigenvalue weighted by Gasteiger charge is 2.27. The van der Waals surface area contributed by atoms with E-state index >= 15 is 0 Å². The molecule has 2 aromatic rings. The molecular formula is C18H23Cl3N4O. The smallest absolute Gasteiger partial charge is 0.241 e. The van der Waals surface area contributed by atoms with Crippen LogP contribution in [-0.4, -0.2) is 30.0 Å². The number of nitrogens with one attached hydrogen (secondary N) is 1. The molecule has 1 aromatic heterocycles. The Balaban J connectivity index is 0.00000169. The third-order valence-electron chi connectivity index (χ3n) is 4.29. The van der Waals surface area contributed by atoms with Crippen molar-refractivity contribution in [1.29, 1.82) is 0 Å². The predicted molar refractivity (Wildman–Crippen MR) is 111 cm³/mol. The van der Waals surface area contributed by atoms with Crippen LogP contribution in [0, 0.1) is 6.92 Å². The van der Waals surface area contributed by atoms with Gasteiger partial charge in [0.15, 0.2) is 0 Å². The van der Waals surface area contributed by atoms with Gasteiger partial charge in [-0.3, -0.25) is 4.79 Å². The fourth-order valence-corrected chi connectivity index (χ4v) is 3.14. The molecular weight excluding hydrogens is 395 g/mol. The molecule has 26 heavy (non-hydrogen) atoms. The number of nitrogens with zero attached hydrogens (tertiary/aromatic N) is 2. The van der Waals surface area contributed by atoms with Crippen molar-refractivity contribution in [2.75, 3.05) is 18.0 Å². The highest BCUT2D eigenvalue weighted by molar-refractivity contribution is 6.32. The zero-order valence-electron chi connectivity index (χ0n) is 14.4. The molecule has 0 radical (unpaired) electrons. The number of pyridine rings is 1. The number of aryl methyl sites for hydroxylation is 1. The Morgan fingerprint density at radius 1 is 1.31 bits per heavy atom. The van der Waals surface area contributed by atoms with Gasteiger partial charge in [-0.2, -0.15) is 0 Å². The number of aromatic nitrogens is 1. The van der Waals surface area contributed by atoms with E-state index in [4.69, 9.17) is 17.3 Å². The summed E-state index contributed by atoms with van der Waals surface area (Å²) in [5.74, 6) is 0.608. The number of hydrogen-bond acceptors (Lipinski definition) is 4. The van der Waals surface area contributed by atoms with Crippen molar-refractivity contribution < 1.29 is 4.79 Å². The van der Waals surface area contributed by atoms with Crippen LogP contribution in [-0.2, 0) is 4.79 Å². The first-order valence-electron chi connectivity index (χ1n) is 8.02. The molecule has 0 aliphatic carbocycles. The molecule has 1 aliphatic rings. The summed E-state index contributed by atoms with van der Waals surface area (Å²) in [6.45, 7) is 3.50. The van der Waals surface area contributed by atoms with Crippen LogP contribution in [0.2, 0.25) is 5.02 Å². The van der Waals surface area contributed by atoms with Crippen LogP contribution in [0.4, 0.5) is 5.82 Å². The summed E-state index contributed by atoms with van der Waals surface area (Å²) in [6.07, 6.45) is 2.57. The Morgan fingerprint density at radius 3 is 2.65 bits per heavy atom. The normalized spacial score (nSPS) is 17.0. The van der Waals surface area contributed by atoms with Gasteiger partial charge in [-0.25, -0.2) is 4.98 Å². The van der Waals surface area contributed by atoms with Crippen molar-refractivity contribution in [2.45, 2.75) is 25.4 Å². The second-order valence-corrected chi connectivity index (χ2v) is 6.54. The molecule has 2 unspecified atom stereocenters. The van der Waals surface area contributed by atoms with E-state index in [-0.39, 0.29) is 36.8 Å². The maximum absolute atomic E-state index is 12.4. The molecule has 1 amide bonds. The Bertz CT molecular complexity index is 727. The predicted octanol–water partition coefficient (Wildman–Crippen LogP) is 3.28. The number of rotatable bonds is 4. The fourth-order valence-electron chi connectivity index (χ4n) is 2.90. The number of hydrogen-bond donors (Lipinski definition) is 2. The Hall–Kier alpha value is -1.53. The molecule has 3 N–H and O–H groups in total. The van der Waals surface area contributed by atoms with Crippen molar-refractivity contribution in [3.05, 3.63) is 58.7 Å². The molecule has 1 aliphatic heterocycles. The molecule has 0 spiro atoms. The first-order valence-corrected chi connectivity index (χ1v) is 8.40. The van der Waals surface area contributed by atoms with E-state index in [1.165, 1.54) is 0 Å². The standard InChI is InChI=1S/C18H21ClN4O.2ClH/c1-12-4-6-13(7-5-12)16(20)18(24)22-14-8-10-23(11-14)17-15(19)3-2-9-21-17;;/h2-7,9,14,16H,8,10-11,20H2,1H3,(H,22,24);2*1H. The van der Waals surface area contributed by atoms with Gasteiger partial charge < -0.3 is 16.0 Å². The van der Waals surface area contributed by atoms with Gasteiger partial charge in [-0.05, 0) is 31.0 Å². The average Bonchev–Trinajstić information content (AvgIpc) is 3.03. The number of anilines is 1. The molecule has 3 rings (SSSR count). The molecule has 0 bridgehead atoms. The molecule has 8 heteroatoms. The van der Waals surface area contributed by atoms with Crippen molar-refractivity contribution >= 4 is 48.1 Å². The van der Waals surface area contributed by atoms with Gasteiger partial charge in [-0.1, -0.05) is 41.4 Å². The first-order chi connectivity index (χ1) is 11.5. The monoisotopic (exact) mass is 416 g/mol. The molecule has 2 heterocycles. The SMILES string of the molecule is Cc1ccc(C(N)C(=O)NC2CCN(c3ncccc3Cl)C2)cc1.Cl.Cl. The number of benzene rings is 1. The van der Waals surface area contributed by atoms with Gasteiger partial charge in [0.2, 0.25) is 5.91 Å². The summed E-state index contributed by atoms with van der Waals surface area (Å²) in [7, 11) is 0. The van der Waals surface area contributed by atoms with Crippen molar-refractivity contribution in [3.8, 4) is 0 Å². The van der Waals surface area contributed by atoms with Crippen LogP contribution in [0.1, 0.15) is 23.6 Å². The minimum absolute atomic E-state index is 0. The fraction of sp³-hybridized carbons (Fsp3) is 0.333. The minimum Gasteiger partial charge on any atom is -0.353 e. The van der Waals surface area contributed by atoms with E-state index in [0.717, 1.165) is 29.9 Å². The third-order valence-corrected chi connectivity index (χ3v) is 4.59. The molecule has 5 nitrogen and oxygen atoms in total. The van der Waals surface area contributed by atoms with E-state index in [2.05, 4.69) is 15.2 Å². The van der Waals surface area contributed by atoms with Crippen LogP contribution in [0.15, 0.2) is 42.6 Å². The van der Waals surface area contributed by atoms with Crippen molar-refractivity contribution in [2.24, 2.45) is 5.73 Å². The number of carbonyl (C=O) groups is 1. The van der Waals surface area contributed by atoms with E-state index in [1.54, 1.807) is 6.20 Å². The Labute approximate surface area is 171 Å². The summed E-state index contributed by atoms with van der Waals surface area (Å²) in [6, 6.07) is 10.7. The van der Waals surface area contributed by atoms with E-state index in [1.807, 2.05) is 43.3 Å². The number of amides is 1. The quantitative estimate of drug-likeness (QED) is 0.801. The topological polar surface area (TPSA) is 71.2 Å². The molecule has 142 valence electrons. The lowest BCUT2D eigenvalue weighted by molar-refractivity contribution is -0.123. The van der Waals surface area contributed by atoms with Crippen molar-refractivity contribution in [3.63, 3.8) is 0 Å². The molecule has 1 aromatic carbocycles. The van der Waals surface area contributed by atoms with Crippen LogP contribution >= 0.6 is 36.4 Å². The van der Waals surface area contributed by atoms with E-state index in [9.17, 15) is 4.79 Å². The second-order valence-electron chi connectivity index (χ2n) is 6.14. The van der Waals surface area contributed by atoms with Gasteiger partial charge in [0.05, 0.1) is 5.02 Å². The van der Waals surface area contributed by atoms with Crippen LogP contribution in [0.5, 0.6) is 0 Å². The van der Waals surface area contributed by atoms with Gasteiger partial charge in [0.25, 0.3) is 0 Å².